The lowest BCUT2D eigenvalue weighted by atomic mass is 10.2. The second kappa shape index (κ2) is 39.5. The van der Waals surface area contributed by atoms with Gasteiger partial charge < -0.3 is 18.2 Å². The average Bonchev–Trinajstić information content (AvgIpc) is 1.31. The minimum atomic E-state index is -5.60. The van der Waals surface area contributed by atoms with Gasteiger partial charge in [0.1, 0.15) is 22.2 Å². The molecule has 112 heavy (non-hydrogen) atoms. The molecule has 10 aromatic rings. The molecule has 0 spiro atoms. The van der Waals surface area contributed by atoms with E-state index in [2.05, 4.69) is 79.3 Å². The predicted molar refractivity (Wildman–Crippen MR) is 325 cm³/mol. The number of aryl methyl sites for hydroxylation is 15. The molecule has 0 N–H and O–H groups in total. The molecule has 10 aromatic heterocycles. The second-order valence-electron chi connectivity index (χ2n) is 22.1. The van der Waals surface area contributed by atoms with Crippen molar-refractivity contribution in [2.75, 3.05) is 0 Å². The molecule has 632 valence electrons. The van der Waals surface area contributed by atoms with Crippen LogP contribution >= 0.6 is 11.3 Å². The van der Waals surface area contributed by atoms with E-state index in [1.807, 2.05) is 0 Å². The minimum Gasteiger partial charge on any atom is -0.418 e. The predicted octanol–water partition coefficient (Wildman–Crippen LogP) is 19.5. The summed E-state index contributed by atoms with van der Waals surface area (Å²) < 4.78 is 392. The van der Waals surface area contributed by atoms with Crippen LogP contribution in [0.3, 0.4) is 0 Å². The Labute approximate surface area is 614 Å². The molecule has 10 heterocycles. The Kier molecular flexibility index (Phi) is 35.2. The van der Waals surface area contributed by atoms with Crippen LogP contribution < -0.4 is 4.74 Å². The third-order valence-electron chi connectivity index (χ3n) is 12.5. The fraction of sp³-hybridized carbons (Fsp3) is 0.517. The highest BCUT2D eigenvalue weighted by molar-refractivity contribution is 7.10. The summed E-state index contributed by atoms with van der Waals surface area (Å²) in [5, 5.41) is 32.8. The van der Waals surface area contributed by atoms with Crippen LogP contribution in [-0.2, 0) is 90.1 Å². The van der Waals surface area contributed by atoms with E-state index in [0.717, 1.165) is 56.7 Å². The topological polar surface area (TPSA) is 233 Å². The lowest BCUT2D eigenvalue weighted by Crippen LogP contribution is -2.34. The minimum absolute atomic E-state index is 0.0417. The number of halogens is 31. The first-order chi connectivity index (χ1) is 50.3. The van der Waals surface area contributed by atoms with Crippen LogP contribution in [0.25, 0.3) is 0 Å². The molecule has 0 atom stereocenters. The lowest BCUT2D eigenvalue weighted by molar-refractivity contribution is -0.291. The zero-order chi connectivity index (χ0) is 87.6. The van der Waals surface area contributed by atoms with Crippen LogP contribution in [-0.4, -0.2) is 102 Å². The first kappa shape index (κ1) is 100. The third kappa shape index (κ3) is 33.5. The van der Waals surface area contributed by atoms with Gasteiger partial charge in [-0.15, -0.1) is 31.7 Å². The number of aromatic nitrogens is 18. The first-order valence-electron chi connectivity index (χ1n) is 29.9. The van der Waals surface area contributed by atoms with Gasteiger partial charge in [0.2, 0.25) is 17.7 Å². The normalized spacial score (nSPS) is 12.1. The van der Waals surface area contributed by atoms with Crippen LogP contribution in [0.1, 0.15) is 135 Å². The zero-order valence-electron chi connectivity index (χ0n) is 60.3. The second-order valence-corrected chi connectivity index (χ2v) is 23.1. The maximum Gasteiger partial charge on any atom is 0.470 e. The maximum atomic E-state index is 12.7. The third-order valence-corrected chi connectivity index (χ3v) is 13.6. The molecular weight excluding hydrogens is 1630 g/mol. The summed E-state index contributed by atoms with van der Waals surface area (Å²) in [4.78, 5) is 5.66. The molecule has 54 heteroatoms. The summed E-state index contributed by atoms with van der Waals surface area (Å²) in [7, 11) is 5.85. The standard InChI is InChI=1S/C8H11F3N2.C7H7F5N2.C7H9F3N2.C6H7F3N2.C6H5F3S.C6H8F2N2O.C5H6F3N3.C5H4F3NO.2C4H3F3N2O/c1-5(2)13-6(3)4-7(12-13)8(9,10)11;1-4-3-5(13-14(4)2)6(8,9)7(10,11)12;1-3-12-5(2)4-6(11-12)7(8,9)10;1-4-3-5(6(7,8)9)10-11(4)2;1-4-2-5(10-3-4)6(7,8)9;1-4-3-5(9-10(4)2)11-6(7)8;1-3-9-4(5(6,7)8)10-11(3)2;1-3-2-4(9-10-3)5(6,7)8;1-2-8-9-3(10-2)4(5,6)7;1-2-8-3(9-10-2)4(5,6)7/h4-5H,1-3H3;3H,1-2H3;4H,3H2,1-2H3;3H,1-2H3;2-3H,1H3;3,6H,1-2H3;1-2H3;2H,1H3;2*1H3. The summed E-state index contributed by atoms with van der Waals surface area (Å²) in [6.45, 7) is 18.0. The van der Waals surface area contributed by atoms with Gasteiger partial charge in [0.25, 0.3) is 11.6 Å². The number of rotatable bonds is 5. The highest BCUT2D eigenvalue weighted by atomic mass is 32.1. The monoisotopic (exact) mass is 1700 g/mol. The first-order valence-corrected chi connectivity index (χ1v) is 30.8. The summed E-state index contributed by atoms with van der Waals surface area (Å²) in [6, 6.07) is 7.23. The Morgan fingerprint density at radius 1 is 0.420 bits per heavy atom. The van der Waals surface area contributed by atoms with Crippen LogP contribution in [0, 0.1) is 69.2 Å². The molecule has 0 radical (unpaired) electrons. The molecule has 0 bridgehead atoms. The highest BCUT2D eigenvalue weighted by Gasteiger charge is 2.60. The largest absolute Gasteiger partial charge is 0.470 e. The summed E-state index contributed by atoms with van der Waals surface area (Å²) in [5.41, 5.74) is -1.49. The molecule has 0 fully saturated rings. The van der Waals surface area contributed by atoms with E-state index in [1.54, 1.807) is 62.4 Å². The molecule has 0 saturated heterocycles. The molecule has 22 nitrogen and oxygen atoms in total. The summed E-state index contributed by atoms with van der Waals surface area (Å²) in [5.74, 6) is -8.32. The van der Waals surface area contributed by atoms with E-state index in [4.69, 9.17) is 0 Å². The van der Waals surface area contributed by atoms with Crippen molar-refractivity contribution in [1.29, 1.82) is 0 Å². The molecule has 0 unspecified atom stereocenters. The molecule has 0 aliphatic carbocycles. The van der Waals surface area contributed by atoms with Gasteiger partial charge in [-0.05, 0) is 117 Å². The summed E-state index contributed by atoms with van der Waals surface area (Å²) >= 11 is 0.731. The zero-order valence-corrected chi connectivity index (χ0v) is 61.1. The van der Waals surface area contributed by atoms with E-state index < -0.39 is 119 Å². The van der Waals surface area contributed by atoms with Gasteiger partial charge in [-0.2, -0.15) is 161 Å². The van der Waals surface area contributed by atoms with Gasteiger partial charge in [-0.25, -0.2) is 4.98 Å². The smallest absolute Gasteiger partial charge is 0.418 e. The number of hydrogen-bond acceptors (Lipinski definition) is 17. The van der Waals surface area contributed by atoms with Crippen molar-refractivity contribution < 1.29 is 154 Å². The number of ether oxygens (including phenoxy) is 1. The Morgan fingerprint density at radius 3 is 1.09 bits per heavy atom. The molecule has 0 saturated carbocycles. The fourth-order valence-electron chi connectivity index (χ4n) is 6.84. The van der Waals surface area contributed by atoms with Crippen molar-refractivity contribution in [3.63, 3.8) is 0 Å². The van der Waals surface area contributed by atoms with E-state index in [-0.39, 0.29) is 41.0 Å². The maximum absolute atomic E-state index is 12.7. The van der Waals surface area contributed by atoms with E-state index in [0.29, 0.717) is 35.3 Å². The Hall–Kier alpha value is -9.99. The van der Waals surface area contributed by atoms with Crippen molar-refractivity contribution in [3.05, 3.63) is 156 Å². The number of thiophene rings is 1. The molecule has 0 aromatic carbocycles. The Balaban J connectivity index is 0.000000623. The molecule has 0 amide bonds. The van der Waals surface area contributed by atoms with E-state index in [9.17, 15) is 136 Å². The lowest BCUT2D eigenvalue weighted by Gasteiger charge is -2.16. The van der Waals surface area contributed by atoms with Gasteiger partial charge >= 0.3 is 74.0 Å². The SMILES string of the molecule is CCn1nc(C(F)(F)F)cc1C.Cc1cc(C(F)(F)C(F)(F)F)nn1C.Cc1cc(C(F)(F)F)nn1C.Cc1cc(C(F)(F)F)nn1C(C)C.Cc1cc(C(F)(F)F)no1.Cc1cc(OC(F)F)nn1C.Cc1csc(C(F)(F)F)c1.Cc1nc(C(F)(F)F)nn1C.Cc1nc(C(F)(F)F)no1.Cc1nnc(C(F)(F)F)o1. The Bertz CT molecular complexity index is 4110. The van der Waals surface area contributed by atoms with Crippen LogP contribution in [0.4, 0.5) is 136 Å². The van der Waals surface area contributed by atoms with Gasteiger partial charge in [-0.1, -0.05) is 10.3 Å². The van der Waals surface area contributed by atoms with Crippen LogP contribution in [0.15, 0.2) is 61.3 Å². The van der Waals surface area contributed by atoms with Crippen LogP contribution in [0.5, 0.6) is 5.88 Å². The fourth-order valence-corrected chi connectivity index (χ4v) is 7.61. The van der Waals surface area contributed by atoms with Gasteiger partial charge in [0, 0.05) is 95.2 Å². The van der Waals surface area contributed by atoms with Gasteiger partial charge in [0.05, 0.1) is 0 Å². The van der Waals surface area contributed by atoms with Crippen molar-refractivity contribution in [2.24, 2.45) is 28.2 Å². The average molecular weight is 1700 g/mol. The van der Waals surface area contributed by atoms with Crippen LogP contribution in [0.2, 0.25) is 0 Å². The number of nitrogens with zero attached hydrogens (tertiary/aromatic N) is 18. The molecular formula is C58H63F31N18O4S. The van der Waals surface area contributed by atoms with E-state index >= 15 is 0 Å². The highest BCUT2D eigenvalue weighted by Crippen LogP contribution is 2.43. The van der Waals surface area contributed by atoms with Crippen molar-refractivity contribution in [3.8, 4) is 5.88 Å². The van der Waals surface area contributed by atoms with Gasteiger partial charge in [-0.3, -0.25) is 28.1 Å². The van der Waals surface area contributed by atoms with Crippen molar-refractivity contribution in [2.45, 2.75) is 171 Å². The van der Waals surface area contributed by atoms with Gasteiger partial charge in [0.15, 0.2) is 22.8 Å². The molecule has 10 rings (SSSR count). The number of hydrogen-bond donors (Lipinski definition) is 0. The molecule has 0 aliphatic heterocycles. The Morgan fingerprint density at radius 2 is 0.866 bits per heavy atom. The summed E-state index contributed by atoms with van der Waals surface area (Å²) in [6.07, 6.45) is -40.6. The van der Waals surface area contributed by atoms with Crippen molar-refractivity contribution in [1.82, 2.24) is 89.2 Å². The number of alkyl halides is 31. The van der Waals surface area contributed by atoms with E-state index in [1.165, 1.54) is 85.9 Å². The van der Waals surface area contributed by atoms with Crippen molar-refractivity contribution >= 4 is 11.3 Å². The molecule has 0 aliphatic rings. The quantitative estimate of drug-likeness (QED) is 0.146.